The van der Waals surface area contributed by atoms with Crippen molar-refractivity contribution in [3.05, 3.63) is 0 Å². The fourth-order valence-corrected chi connectivity index (χ4v) is 2.91. The molecule has 88 valence electrons. The van der Waals surface area contributed by atoms with E-state index in [0.717, 1.165) is 17.9 Å². The molecule has 1 atom stereocenters. The number of rotatable bonds is 6. The van der Waals surface area contributed by atoms with Crippen molar-refractivity contribution >= 4 is 0 Å². The average Bonchev–Trinajstić information content (AvgIpc) is 3.09. The zero-order chi connectivity index (χ0) is 10.5. The largest absolute Gasteiger partial charge is 0.314 e. The molecule has 0 aromatic carbocycles. The monoisotopic (exact) mass is 209 g/mol. The fourth-order valence-electron chi connectivity index (χ4n) is 2.91. The Balaban J connectivity index is 1.63. The third-order valence-electron chi connectivity index (χ3n) is 4.24. The molecule has 0 heterocycles. The van der Waals surface area contributed by atoms with E-state index in [0.29, 0.717) is 0 Å². The first-order chi connectivity index (χ1) is 7.38. The highest BCUT2D eigenvalue weighted by Gasteiger charge is 2.23. The topological polar surface area (TPSA) is 12.0 Å². The molecular formula is C14H27N. The van der Waals surface area contributed by atoms with Crippen LogP contribution in [0, 0.1) is 11.8 Å². The first kappa shape index (κ1) is 11.4. The molecule has 0 amide bonds. The van der Waals surface area contributed by atoms with Crippen molar-refractivity contribution in [2.75, 3.05) is 6.54 Å². The van der Waals surface area contributed by atoms with Gasteiger partial charge in [0.15, 0.2) is 0 Å². The van der Waals surface area contributed by atoms with Gasteiger partial charge in [0.2, 0.25) is 0 Å². The quantitative estimate of drug-likeness (QED) is 0.703. The van der Waals surface area contributed by atoms with Gasteiger partial charge in [0, 0.05) is 6.04 Å². The molecule has 1 heteroatoms. The van der Waals surface area contributed by atoms with Crippen LogP contribution in [-0.4, -0.2) is 12.6 Å². The van der Waals surface area contributed by atoms with Gasteiger partial charge in [0.25, 0.3) is 0 Å². The maximum Gasteiger partial charge on any atom is 0.00683 e. The summed E-state index contributed by atoms with van der Waals surface area (Å²) in [5.74, 6) is 2.01. The highest BCUT2D eigenvalue weighted by atomic mass is 14.9. The molecular weight excluding hydrogens is 182 g/mol. The number of nitrogens with one attached hydrogen (secondary N) is 1. The Hall–Kier alpha value is -0.0400. The third-order valence-corrected chi connectivity index (χ3v) is 4.24. The van der Waals surface area contributed by atoms with E-state index in [1.807, 2.05) is 0 Å². The summed E-state index contributed by atoms with van der Waals surface area (Å²) in [4.78, 5) is 0. The summed E-state index contributed by atoms with van der Waals surface area (Å²) in [6.45, 7) is 3.65. The molecule has 15 heavy (non-hydrogen) atoms. The van der Waals surface area contributed by atoms with Crippen LogP contribution in [0.1, 0.15) is 64.7 Å². The maximum atomic E-state index is 3.70. The molecule has 2 aliphatic carbocycles. The molecule has 0 radical (unpaired) electrons. The number of hydrogen-bond acceptors (Lipinski definition) is 1. The summed E-state index contributed by atoms with van der Waals surface area (Å²) in [6.07, 6.45) is 13.2. The zero-order valence-electron chi connectivity index (χ0n) is 10.3. The molecule has 2 aliphatic rings. The van der Waals surface area contributed by atoms with Crippen molar-refractivity contribution in [2.45, 2.75) is 70.8 Å². The summed E-state index contributed by atoms with van der Waals surface area (Å²) in [7, 11) is 0. The van der Waals surface area contributed by atoms with Crippen LogP contribution in [-0.2, 0) is 0 Å². The van der Waals surface area contributed by atoms with Crippen LogP contribution < -0.4 is 5.32 Å². The zero-order valence-corrected chi connectivity index (χ0v) is 10.3. The summed E-state index contributed by atoms with van der Waals surface area (Å²) >= 11 is 0. The van der Waals surface area contributed by atoms with Crippen LogP contribution in [0.5, 0.6) is 0 Å². The van der Waals surface area contributed by atoms with Gasteiger partial charge in [-0.15, -0.1) is 0 Å². The summed E-state index contributed by atoms with van der Waals surface area (Å²) in [6, 6.07) is 0.894. The minimum Gasteiger partial charge on any atom is -0.314 e. The van der Waals surface area contributed by atoms with Crippen LogP contribution in [0.15, 0.2) is 0 Å². The van der Waals surface area contributed by atoms with Gasteiger partial charge >= 0.3 is 0 Å². The van der Waals surface area contributed by atoms with Gasteiger partial charge in [0.05, 0.1) is 0 Å². The van der Waals surface area contributed by atoms with E-state index in [4.69, 9.17) is 0 Å². The molecule has 1 unspecified atom stereocenters. The van der Waals surface area contributed by atoms with E-state index < -0.39 is 0 Å². The van der Waals surface area contributed by atoms with Gasteiger partial charge in [-0.2, -0.15) is 0 Å². The van der Waals surface area contributed by atoms with Crippen LogP contribution in [0.25, 0.3) is 0 Å². The molecule has 0 aromatic rings. The smallest absolute Gasteiger partial charge is 0.00683 e. The molecule has 2 saturated carbocycles. The highest BCUT2D eigenvalue weighted by Crippen LogP contribution is 2.30. The highest BCUT2D eigenvalue weighted by molar-refractivity contribution is 4.82. The average molecular weight is 209 g/mol. The van der Waals surface area contributed by atoms with E-state index in [1.165, 1.54) is 64.3 Å². The minimum atomic E-state index is 0.894. The number of hydrogen-bond donors (Lipinski definition) is 1. The van der Waals surface area contributed by atoms with Crippen LogP contribution >= 0.6 is 0 Å². The Kier molecular flexibility index (Phi) is 4.49. The first-order valence-corrected chi connectivity index (χ1v) is 7.12. The lowest BCUT2D eigenvalue weighted by Gasteiger charge is -2.26. The Morgan fingerprint density at radius 3 is 2.40 bits per heavy atom. The first-order valence-electron chi connectivity index (χ1n) is 7.12. The maximum absolute atomic E-state index is 3.70. The predicted molar refractivity (Wildman–Crippen MR) is 66.0 cm³/mol. The molecule has 2 fully saturated rings. The summed E-state index contributed by atoms with van der Waals surface area (Å²) < 4.78 is 0. The summed E-state index contributed by atoms with van der Waals surface area (Å²) in [5, 5.41) is 3.70. The van der Waals surface area contributed by atoms with Crippen molar-refractivity contribution < 1.29 is 0 Å². The van der Waals surface area contributed by atoms with Crippen LogP contribution in [0.3, 0.4) is 0 Å². The standard InChI is InChI=1S/C14H27N/c1-2-12(11-15-14-8-9-14)10-13-6-4-3-5-7-13/h12-15H,2-11H2,1H3. The van der Waals surface area contributed by atoms with Gasteiger partial charge in [0.1, 0.15) is 0 Å². The second-order valence-electron chi connectivity index (χ2n) is 5.70. The second kappa shape index (κ2) is 5.89. The van der Waals surface area contributed by atoms with E-state index in [-0.39, 0.29) is 0 Å². The van der Waals surface area contributed by atoms with Crippen LogP contribution in [0.2, 0.25) is 0 Å². The molecule has 0 aromatic heterocycles. The van der Waals surface area contributed by atoms with Crippen LogP contribution in [0.4, 0.5) is 0 Å². The van der Waals surface area contributed by atoms with E-state index in [1.54, 1.807) is 0 Å². The lowest BCUT2D eigenvalue weighted by atomic mass is 9.82. The van der Waals surface area contributed by atoms with Gasteiger partial charge in [-0.1, -0.05) is 45.4 Å². The molecule has 0 bridgehead atoms. The molecule has 1 N–H and O–H groups in total. The fraction of sp³-hybridized carbons (Fsp3) is 1.00. The molecule has 0 spiro atoms. The lowest BCUT2D eigenvalue weighted by molar-refractivity contribution is 0.277. The van der Waals surface area contributed by atoms with Crippen molar-refractivity contribution in [3.63, 3.8) is 0 Å². The van der Waals surface area contributed by atoms with E-state index in [9.17, 15) is 0 Å². The third kappa shape index (κ3) is 4.14. The second-order valence-corrected chi connectivity index (χ2v) is 5.70. The van der Waals surface area contributed by atoms with Crippen molar-refractivity contribution in [2.24, 2.45) is 11.8 Å². The molecule has 0 aliphatic heterocycles. The van der Waals surface area contributed by atoms with Gasteiger partial charge < -0.3 is 5.32 Å². The summed E-state index contributed by atoms with van der Waals surface area (Å²) in [5.41, 5.74) is 0. The Morgan fingerprint density at radius 1 is 1.07 bits per heavy atom. The Morgan fingerprint density at radius 2 is 1.80 bits per heavy atom. The van der Waals surface area contributed by atoms with Gasteiger partial charge in [-0.05, 0) is 37.6 Å². The van der Waals surface area contributed by atoms with Gasteiger partial charge in [-0.25, -0.2) is 0 Å². The van der Waals surface area contributed by atoms with Crippen molar-refractivity contribution in [1.29, 1.82) is 0 Å². The van der Waals surface area contributed by atoms with E-state index >= 15 is 0 Å². The predicted octanol–water partition coefficient (Wildman–Crippen LogP) is 3.74. The SMILES string of the molecule is CCC(CNC1CC1)CC1CCCCC1. The molecule has 1 nitrogen and oxygen atoms in total. The molecule has 2 rings (SSSR count). The van der Waals surface area contributed by atoms with Crippen molar-refractivity contribution in [1.82, 2.24) is 5.32 Å². The Labute approximate surface area is 95.0 Å². The molecule has 0 saturated heterocycles. The van der Waals surface area contributed by atoms with Gasteiger partial charge in [-0.3, -0.25) is 0 Å². The van der Waals surface area contributed by atoms with Crippen molar-refractivity contribution in [3.8, 4) is 0 Å². The van der Waals surface area contributed by atoms with E-state index in [2.05, 4.69) is 12.2 Å². The minimum absolute atomic E-state index is 0.894. The lowest BCUT2D eigenvalue weighted by Crippen LogP contribution is -2.26. The normalized spacial score (nSPS) is 25.4. The Bertz CT molecular complexity index is 168.